The van der Waals surface area contributed by atoms with E-state index in [1.807, 2.05) is 27.7 Å². The van der Waals surface area contributed by atoms with Crippen molar-refractivity contribution in [2.45, 2.75) is 77.0 Å². The van der Waals surface area contributed by atoms with Crippen molar-refractivity contribution in [3.63, 3.8) is 0 Å². The fraction of sp³-hybridized carbons (Fsp3) is 1.00. The fourth-order valence-electron chi connectivity index (χ4n) is 3.78. The number of fused-ring (bicyclic) bond motifs is 3. The molecule has 3 saturated carbocycles. The highest BCUT2D eigenvalue weighted by atomic mass is 16.5. The summed E-state index contributed by atoms with van der Waals surface area (Å²) in [7, 11) is 0. The van der Waals surface area contributed by atoms with Crippen molar-refractivity contribution in [1.29, 1.82) is 0 Å². The van der Waals surface area contributed by atoms with Gasteiger partial charge in [-0.1, -0.05) is 6.92 Å². The second-order valence-corrected chi connectivity index (χ2v) is 7.47. The standard InChI is InChI=1S/C14H26O4/c1-12(2,3)18-10-6-8-9(15)7-13(10,4)11(16)14(8,5)17/h8-11,15-17H,6-7H2,1-5H3/t8?,9-,10-,11?,13?,14?/m0/s1. The summed E-state index contributed by atoms with van der Waals surface area (Å²) in [4.78, 5) is 0. The van der Waals surface area contributed by atoms with Gasteiger partial charge in [0.25, 0.3) is 0 Å². The number of hydrogen-bond acceptors (Lipinski definition) is 4. The number of aliphatic hydroxyl groups is 3. The molecule has 0 amide bonds. The van der Waals surface area contributed by atoms with Crippen molar-refractivity contribution in [3.8, 4) is 0 Å². The number of hydrogen-bond donors (Lipinski definition) is 3. The van der Waals surface area contributed by atoms with Gasteiger partial charge in [-0.15, -0.1) is 0 Å². The molecule has 4 nitrogen and oxygen atoms in total. The largest absolute Gasteiger partial charge is 0.393 e. The molecule has 0 spiro atoms. The first-order chi connectivity index (χ1) is 7.98. The number of rotatable bonds is 1. The minimum atomic E-state index is -1.23. The summed E-state index contributed by atoms with van der Waals surface area (Å²) in [5, 5.41) is 31.0. The third kappa shape index (κ3) is 1.99. The van der Waals surface area contributed by atoms with Crippen molar-refractivity contribution in [1.82, 2.24) is 0 Å². The van der Waals surface area contributed by atoms with E-state index in [2.05, 4.69) is 0 Å². The predicted octanol–water partition coefficient (Wildman–Crippen LogP) is 1.07. The molecule has 3 aliphatic rings. The Bertz CT molecular complexity index is 329. The molecule has 18 heavy (non-hydrogen) atoms. The first kappa shape index (κ1) is 14.3. The zero-order valence-electron chi connectivity index (χ0n) is 12.0. The van der Waals surface area contributed by atoms with Crippen molar-refractivity contribution in [2.24, 2.45) is 11.3 Å². The number of aliphatic hydroxyl groups excluding tert-OH is 2. The van der Waals surface area contributed by atoms with Crippen LogP contribution in [0.25, 0.3) is 0 Å². The molecule has 0 heterocycles. The topological polar surface area (TPSA) is 69.9 Å². The van der Waals surface area contributed by atoms with Crippen molar-refractivity contribution < 1.29 is 20.1 Å². The van der Waals surface area contributed by atoms with E-state index in [9.17, 15) is 15.3 Å². The highest BCUT2D eigenvalue weighted by Gasteiger charge is 2.64. The van der Waals surface area contributed by atoms with Crippen molar-refractivity contribution >= 4 is 0 Å². The van der Waals surface area contributed by atoms with Crippen LogP contribution < -0.4 is 0 Å². The lowest BCUT2D eigenvalue weighted by molar-refractivity contribution is -0.296. The van der Waals surface area contributed by atoms with E-state index in [1.54, 1.807) is 6.92 Å². The van der Waals surface area contributed by atoms with Crippen LogP contribution in [0.15, 0.2) is 0 Å². The fourth-order valence-corrected chi connectivity index (χ4v) is 3.78. The maximum absolute atomic E-state index is 10.4. The average molecular weight is 258 g/mol. The van der Waals surface area contributed by atoms with Gasteiger partial charge in [0, 0.05) is 11.3 Å². The van der Waals surface area contributed by atoms with E-state index in [-0.39, 0.29) is 17.6 Å². The first-order valence-corrected chi connectivity index (χ1v) is 6.75. The van der Waals surface area contributed by atoms with Gasteiger partial charge in [0.05, 0.1) is 29.5 Å². The second kappa shape index (κ2) is 3.92. The minimum absolute atomic E-state index is 0.124. The van der Waals surface area contributed by atoms with Gasteiger partial charge < -0.3 is 20.1 Å². The van der Waals surface area contributed by atoms with Crippen LogP contribution in [-0.2, 0) is 4.74 Å². The summed E-state index contributed by atoms with van der Waals surface area (Å²) in [6.07, 6.45) is -0.469. The van der Waals surface area contributed by atoms with E-state index in [0.717, 1.165) is 0 Å². The molecule has 3 rings (SSSR count). The van der Waals surface area contributed by atoms with Gasteiger partial charge in [-0.3, -0.25) is 0 Å². The minimum Gasteiger partial charge on any atom is -0.393 e. The summed E-state index contributed by atoms with van der Waals surface area (Å²) in [6, 6.07) is 0. The molecule has 3 fully saturated rings. The zero-order valence-corrected chi connectivity index (χ0v) is 12.0. The summed E-state index contributed by atoms with van der Waals surface area (Å²) >= 11 is 0. The van der Waals surface area contributed by atoms with Crippen molar-refractivity contribution in [2.75, 3.05) is 0 Å². The Balaban J connectivity index is 2.30. The lowest BCUT2D eigenvalue weighted by Gasteiger charge is -2.62. The normalized spacial score (nSPS) is 52.7. The third-order valence-corrected chi connectivity index (χ3v) is 4.74. The monoisotopic (exact) mass is 258 g/mol. The van der Waals surface area contributed by atoms with Gasteiger partial charge in [-0.25, -0.2) is 0 Å². The molecule has 3 N–H and O–H groups in total. The molecular weight excluding hydrogens is 232 g/mol. The van der Waals surface area contributed by atoms with Gasteiger partial charge in [0.2, 0.25) is 0 Å². The highest BCUT2D eigenvalue weighted by molar-refractivity contribution is 5.14. The van der Waals surface area contributed by atoms with Crippen LogP contribution >= 0.6 is 0 Å². The third-order valence-electron chi connectivity index (χ3n) is 4.74. The molecule has 0 aromatic rings. The summed E-state index contributed by atoms with van der Waals surface area (Å²) in [5.41, 5.74) is -2.11. The predicted molar refractivity (Wildman–Crippen MR) is 68.1 cm³/mol. The molecule has 4 heteroatoms. The molecule has 0 aromatic carbocycles. The first-order valence-electron chi connectivity index (χ1n) is 6.75. The van der Waals surface area contributed by atoms with Crippen LogP contribution in [0.5, 0.6) is 0 Å². The Labute approximate surface area is 109 Å². The van der Waals surface area contributed by atoms with E-state index in [0.29, 0.717) is 12.8 Å². The Morgan fingerprint density at radius 1 is 1.17 bits per heavy atom. The van der Waals surface area contributed by atoms with Gasteiger partial charge in [0.1, 0.15) is 0 Å². The Hall–Kier alpha value is -0.160. The van der Waals surface area contributed by atoms with E-state index >= 15 is 0 Å². The molecule has 106 valence electrons. The van der Waals surface area contributed by atoms with Gasteiger partial charge in [-0.05, 0) is 40.5 Å². The summed E-state index contributed by atoms with van der Waals surface area (Å²) in [6.45, 7) is 9.48. The highest BCUT2D eigenvalue weighted by Crippen LogP contribution is 2.56. The molecule has 2 bridgehead atoms. The van der Waals surface area contributed by atoms with E-state index in [4.69, 9.17) is 4.74 Å². The smallest absolute Gasteiger partial charge is 0.0937 e. The Kier molecular flexibility index (Phi) is 3.10. The molecule has 6 atom stereocenters. The zero-order chi connectivity index (χ0) is 13.9. The SMILES string of the molecule is CC(C)(C)O[C@H]1CC2[C@@H](O)CC1(C)C(O)C2(C)O. The van der Waals surface area contributed by atoms with Gasteiger partial charge >= 0.3 is 0 Å². The maximum atomic E-state index is 10.4. The van der Waals surface area contributed by atoms with Crippen LogP contribution in [0.2, 0.25) is 0 Å². The van der Waals surface area contributed by atoms with Crippen LogP contribution in [0.4, 0.5) is 0 Å². The molecule has 0 saturated heterocycles. The van der Waals surface area contributed by atoms with Crippen LogP contribution in [-0.4, -0.2) is 44.8 Å². The molecule has 4 unspecified atom stereocenters. The second-order valence-electron chi connectivity index (χ2n) is 7.47. The lowest BCUT2D eigenvalue weighted by Crippen LogP contribution is -2.71. The quantitative estimate of drug-likeness (QED) is 0.658. The molecule has 3 aliphatic carbocycles. The Morgan fingerprint density at radius 3 is 2.22 bits per heavy atom. The van der Waals surface area contributed by atoms with E-state index < -0.39 is 23.2 Å². The molecular formula is C14H26O4. The molecule has 0 aromatic heterocycles. The van der Waals surface area contributed by atoms with Crippen LogP contribution in [0.3, 0.4) is 0 Å². The van der Waals surface area contributed by atoms with Crippen LogP contribution in [0, 0.1) is 11.3 Å². The summed E-state index contributed by atoms with van der Waals surface area (Å²) in [5.74, 6) is -0.318. The average Bonchev–Trinajstić information content (AvgIpc) is 2.16. The van der Waals surface area contributed by atoms with Gasteiger partial charge in [-0.2, -0.15) is 0 Å². The summed E-state index contributed by atoms with van der Waals surface area (Å²) < 4.78 is 6.05. The maximum Gasteiger partial charge on any atom is 0.0937 e. The molecule has 0 radical (unpaired) electrons. The number of ether oxygens (including phenoxy) is 1. The van der Waals surface area contributed by atoms with Crippen LogP contribution in [0.1, 0.15) is 47.5 Å². The van der Waals surface area contributed by atoms with Gasteiger partial charge in [0.15, 0.2) is 0 Å². The molecule has 0 aliphatic heterocycles. The van der Waals surface area contributed by atoms with E-state index in [1.165, 1.54) is 0 Å². The Morgan fingerprint density at radius 2 is 1.72 bits per heavy atom. The lowest BCUT2D eigenvalue weighted by atomic mass is 9.51. The van der Waals surface area contributed by atoms with Crippen molar-refractivity contribution in [3.05, 3.63) is 0 Å².